The number of hydrogen-bond donors (Lipinski definition) is 1. The number of anilines is 1. The zero-order chi connectivity index (χ0) is 13.8. The minimum absolute atomic E-state index is 0.0345. The van der Waals surface area contributed by atoms with E-state index >= 15 is 0 Å². The maximum absolute atomic E-state index is 11.8. The Morgan fingerprint density at radius 2 is 2.21 bits per heavy atom. The Morgan fingerprint density at radius 1 is 1.42 bits per heavy atom. The van der Waals surface area contributed by atoms with Crippen molar-refractivity contribution >= 4 is 23.9 Å². The molecule has 1 aromatic carbocycles. The number of carbonyl (C=O) groups excluding carboxylic acids is 3. The summed E-state index contributed by atoms with van der Waals surface area (Å²) in [5.74, 6) is 0.240. The van der Waals surface area contributed by atoms with Gasteiger partial charge in [-0.05, 0) is 18.6 Å². The molecule has 6 nitrogen and oxygen atoms in total. The van der Waals surface area contributed by atoms with Crippen LogP contribution in [-0.2, 0) is 9.59 Å². The highest BCUT2D eigenvalue weighted by molar-refractivity contribution is 6.05. The fourth-order valence-corrected chi connectivity index (χ4v) is 1.89. The molecule has 0 spiro atoms. The van der Waals surface area contributed by atoms with Crippen LogP contribution in [0.25, 0.3) is 0 Å². The Bertz CT molecular complexity index is 527. The van der Waals surface area contributed by atoms with Crippen LogP contribution in [0, 0.1) is 6.92 Å². The number of amides is 3. The van der Waals surface area contributed by atoms with Crippen LogP contribution in [0.3, 0.4) is 0 Å². The Hall–Kier alpha value is -2.37. The number of ether oxygens (including phenoxy) is 1. The number of nitrogens with one attached hydrogen (secondary N) is 1. The van der Waals surface area contributed by atoms with E-state index < -0.39 is 6.03 Å². The minimum Gasteiger partial charge on any atom is -0.486 e. The average molecular weight is 262 g/mol. The Morgan fingerprint density at radius 3 is 2.89 bits per heavy atom. The van der Waals surface area contributed by atoms with Gasteiger partial charge >= 0.3 is 6.03 Å². The molecule has 0 aliphatic carbocycles. The van der Waals surface area contributed by atoms with Crippen LogP contribution in [0.15, 0.2) is 18.2 Å². The normalized spacial score (nSPS) is 15.1. The summed E-state index contributed by atoms with van der Waals surface area (Å²) >= 11 is 0. The van der Waals surface area contributed by atoms with Crippen LogP contribution in [0.1, 0.15) is 12.0 Å². The molecular formula is C13H14N2O4. The summed E-state index contributed by atoms with van der Waals surface area (Å²) in [4.78, 5) is 34.7. The van der Waals surface area contributed by atoms with Crippen LogP contribution in [0.2, 0.25) is 0 Å². The van der Waals surface area contributed by atoms with Gasteiger partial charge in [-0.2, -0.15) is 0 Å². The molecule has 1 aliphatic heterocycles. The molecule has 1 fully saturated rings. The smallest absolute Gasteiger partial charge is 0.328 e. The van der Waals surface area contributed by atoms with E-state index in [1.807, 2.05) is 6.92 Å². The van der Waals surface area contributed by atoms with Crippen LogP contribution in [-0.4, -0.2) is 31.4 Å². The first-order valence-electron chi connectivity index (χ1n) is 5.90. The van der Waals surface area contributed by atoms with E-state index in [9.17, 15) is 14.4 Å². The molecule has 6 heteroatoms. The van der Waals surface area contributed by atoms with Crippen LogP contribution in [0.4, 0.5) is 10.5 Å². The lowest BCUT2D eigenvalue weighted by Gasteiger charge is -2.28. The van der Waals surface area contributed by atoms with E-state index in [0.717, 1.165) is 5.56 Å². The molecule has 0 unspecified atom stereocenters. The van der Waals surface area contributed by atoms with Crippen molar-refractivity contribution < 1.29 is 19.1 Å². The number of hydrogen-bond acceptors (Lipinski definition) is 4. The molecule has 1 N–H and O–H groups in total. The molecule has 0 bridgehead atoms. The molecule has 0 radical (unpaired) electrons. The predicted octanol–water partition coefficient (Wildman–Crippen LogP) is 1.02. The second-order valence-electron chi connectivity index (χ2n) is 4.18. The Labute approximate surface area is 110 Å². The highest BCUT2D eigenvalue weighted by Crippen LogP contribution is 2.26. The standard InChI is InChI=1S/C13H14N2O4/c1-9-2-3-10(19-7-6-16)8-11(9)15-5-4-12(17)14-13(15)18/h2-3,6,8H,4-5,7H2,1H3,(H,14,17,18). The summed E-state index contributed by atoms with van der Waals surface area (Å²) in [6.45, 7) is 2.17. The van der Waals surface area contributed by atoms with E-state index in [0.29, 0.717) is 24.3 Å². The molecule has 3 amide bonds. The van der Waals surface area contributed by atoms with Crippen molar-refractivity contribution in [1.29, 1.82) is 0 Å². The molecule has 1 saturated heterocycles. The fourth-order valence-electron chi connectivity index (χ4n) is 1.89. The van der Waals surface area contributed by atoms with Crippen molar-refractivity contribution in [2.24, 2.45) is 0 Å². The predicted molar refractivity (Wildman–Crippen MR) is 68.2 cm³/mol. The topological polar surface area (TPSA) is 75.7 Å². The third kappa shape index (κ3) is 2.90. The first-order chi connectivity index (χ1) is 9.11. The average Bonchev–Trinajstić information content (AvgIpc) is 2.38. The molecule has 0 aromatic heterocycles. The second-order valence-corrected chi connectivity index (χ2v) is 4.18. The molecule has 0 atom stereocenters. The lowest BCUT2D eigenvalue weighted by Crippen LogP contribution is -2.49. The van der Waals surface area contributed by atoms with E-state index in [1.165, 1.54) is 4.90 Å². The molecule has 1 heterocycles. The van der Waals surface area contributed by atoms with Gasteiger partial charge in [0.15, 0.2) is 6.29 Å². The van der Waals surface area contributed by atoms with Gasteiger partial charge in [-0.15, -0.1) is 0 Å². The molecule has 19 heavy (non-hydrogen) atoms. The molecule has 0 saturated carbocycles. The molecule has 1 aromatic rings. The van der Waals surface area contributed by atoms with Gasteiger partial charge in [0.1, 0.15) is 12.4 Å². The van der Waals surface area contributed by atoms with Gasteiger partial charge in [0.2, 0.25) is 5.91 Å². The third-order valence-electron chi connectivity index (χ3n) is 2.84. The second kappa shape index (κ2) is 5.51. The van der Waals surface area contributed by atoms with E-state index in [-0.39, 0.29) is 18.9 Å². The summed E-state index contributed by atoms with van der Waals surface area (Å²) in [7, 11) is 0. The van der Waals surface area contributed by atoms with Crippen LogP contribution in [0.5, 0.6) is 5.75 Å². The minimum atomic E-state index is -0.438. The highest BCUT2D eigenvalue weighted by Gasteiger charge is 2.25. The van der Waals surface area contributed by atoms with E-state index in [1.54, 1.807) is 18.2 Å². The van der Waals surface area contributed by atoms with Crippen molar-refractivity contribution in [3.05, 3.63) is 23.8 Å². The lowest BCUT2D eigenvalue weighted by atomic mass is 10.1. The van der Waals surface area contributed by atoms with E-state index in [2.05, 4.69) is 5.32 Å². The summed E-state index contributed by atoms with van der Waals surface area (Å²) < 4.78 is 5.20. The molecular weight excluding hydrogens is 248 g/mol. The lowest BCUT2D eigenvalue weighted by molar-refractivity contribution is -0.120. The quantitative estimate of drug-likeness (QED) is 0.822. The van der Waals surface area contributed by atoms with Gasteiger partial charge in [0, 0.05) is 19.0 Å². The fraction of sp³-hybridized carbons (Fsp3) is 0.308. The van der Waals surface area contributed by atoms with Gasteiger partial charge in [-0.1, -0.05) is 6.07 Å². The van der Waals surface area contributed by atoms with Gasteiger partial charge in [0.05, 0.1) is 5.69 Å². The summed E-state index contributed by atoms with van der Waals surface area (Å²) in [6, 6.07) is 4.79. The monoisotopic (exact) mass is 262 g/mol. The van der Waals surface area contributed by atoms with Gasteiger partial charge < -0.3 is 4.74 Å². The summed E-state index contributed by atoms with van der Waals surface area (Å²) in [5, 5.41) is 2.27. The number of imide groups is 1. The largest absolute Gasteiger partial charge is 0.486 e. The number of nitrogens with zero attached hydrogens (tertiary/aromatic N) is 1. The Balaban J connectivity index is 2.25. The maximum atomic E-state index is 11.8. The highest BCUT2D eigenvalue weighted by atomic mass is 16.5. The molecule has 100 valence electrons. The van der Waals surface area contributed by atoms with Crippen molar-refractivity contribution in [2.45, 2.75) is 13.3 Å². The van der Waals surface area contributed by atoms with Crippen LogP contribution < -0.4 is 15.0 Å². The van der Waals surface area contributed by atoms with E-state index in [4.69, 9.17) is 4.74 Å². The summed E-state index contributed by atoms with van der Waals surface area (Å²) in [6.07, 6.45) is 0.927. The van der Waals surface area contributed by atoms with Gasteiger partial charge in [-0.3, -0.25) is 19.8 Å². The molecule has 2 rings (SSSR count). The van der Waals surface area contributed by atoms with Crippen molar-refractivity contribution in [3.63, 3.8) is 0 Å². The Kier molecular flexibility index (Phi) is 3.79. The number of carbonyl (C=O) groups is 3. The number of aryl methyl sites for hydroxylation is 1. The maximum Gasteiger partial charge on any atom is 0.328 e. The number of benzene rings is 1. The van der Waals surface area contributed by atoms with Crippen molar-refractivity contribution in [1.82, 2.24) is 5.32 Å². The third-order valence-corrected chi connectivity index (χ3v) is 2.84. The summed E-state index contributed by atoms with van der Waals surface area (Å²) in [5.41, 5.74) is 1.57. The number of aldehydes is 1. The zero-order valence-corrected chi connectivity index (χ0v) is 10.5. The van der Waals surface area contributed by atoms with Gasteiger partial charge in [-0.25, -0.2) is 4.79 Å². The van der Waals surface area contributed by atoms with Crippen molar-refractivity contribution in [2.75, 3.05) is 18.1 Å². The number of rotatable bonds is 4. The SMILES string of the molecule is Cc1ccc(OCC=O)cc1N1CCC(=O)NC1=O. The van der Waals surface area contributed by atoms with Gasteiger partial charge in [0.25, 0.3) is 0 Å². The first-order valence-corrected chi connectivity index (χ1v) is 5.90. The number of urea groups is 1. The molecule has 1 aliphatic rings. The van der Waals surface area contributed by atoms with Crippen molar-refractivity contribution in [3.8, 4) is 5.75 Å². The first kappa shape index (κ1) is 13.1. The zero-order valence-electron chi connectivity index (χ0n) is 10.5. The van der Waals surface area contributed by atoms with Crippen LogP contribution >= 0.6 is 0 Å².